The van der Waals surface area contributed by atoms with E-state index in [2.05, 4.69) is 33.0 Å². The molecule has 1 unspecified atom stereocenters. The molecule has 3 heteroatoms. The second kappa shape index (κ2) is 6.28. The molecule has 0 saturated carbocycles. The van der Waals surface area contributed by atoms with Crippen LogP contribution < -0.4 is 5.32 Å². The molecule has 0 aliphatic carbocycles. The van der Waals surface area contributed by atoms with Gasteiger partial charge in [-0.1, -0.05) is 33.8 Å². The van der Waals surface area contributed by atoms with E-state index in [1.165, 1.54) is 12.1 Å². The van der Waals surface area contributed by atoms with E-state index in [0.717, 1.165) is 24.9 Å². The van der Waals surface area contributed by atoms with Crippen LogP contribution in [0.3, 0.4) is 0 Å². The Morgan fingerprint density at radius 3 is 2.33 bits per heavy atom. The van der Waals surface area contributed by atoms with Gasteiger partial charge in [0.05, 0.1) is 0 Å². The smallest absolute Gasteiger partial charge is 0.159 e. The summed E-state index contributed by atoms with van der Waals surface area (Å²) in [5, 5.41) is 3.41. The molecule has 0 spiro atoms. The molecule has 0 amide bonds. The van der Waals surface area contributed by atoms with Crippen molar-refractivity contribution in [2.24, 2.45) is 5.41 Å². The van der Waals surface area contributed by atoms with Crippen molar-refractivity contribution in [2.75, 3.05) is 6.54 Å². The highest BCUT2D eigenvalue weighted by Gasteiger charge is 2.18. The van der Waals surface area contributed by atoms with Crippen LogP contribution >= 0.6 is 0 Å². The van der Waals surface area contributed by atoms with Crippen LogP contribution in [-0.2, 0) is 6.42 Å². The van der Waals surface area contributed by atoms with E-state index < -0.39 is 11.6 Å². The van der Waals surface area contributed by atoms with E-state index in [4.69, 9.17) is 0 Å². The van der Waals surface area contributed by atoms with Crippen LogP contribution in [0.5, 0.6) is 0 Å². The van der Waals surface area contributed by atoms with Crippen molar-refractivity contribution < 1.29 is 8.78 Å². The van der Waals surface area contributed by atoms with Gasteiger partial charge in [-0.05, 0) is 42.5 Å². The van der Waals surface area contributed by atoms with Crippen molar-refractivity contribution >= 4 is 0 Å². The lowest BCUT2D eigenvalue weighted by Crippen LogP contribution is -2.34. The van der Waals surface area contributed by atoms with Crippen LogP contribution in [0.1, 0.15) is 39.7 Å². The largest absolute Gasteiger partial charge is 0.314 e. The van der Waals surface area contributed by atoms with Gasteiger partial charge in [-0.2, -0.15) is 0 Å². The monoisotopic (exact) mass is 255 g/mol. The first-order chi connectivity index (χ1) is 8.31. The number of hydrogen-bond acceptors (Lipinski definition) is 1. The van der Waals surface area contributed by atoms with Crippen LogP contribution in [0.4, 0.5) is 8.78 Å². The van der Waals surface area contributed by atoms with E-state index in [1.807, 2.05) is 0 Å². The minimum Gasteiger partial charge on any atom is -0.314 e. The molecule has 0 aromatic heterocycles. The van der Waals surface area contributed by atoms with Gasteiger partial charge in [0, 0.05) is 6.04 Å². The number of nitrogens with one attached hydrogen (secondary N) is 1. The Morgan fingerprint density at radius 2 is 1.83 bits per heavy atom. The molecule has 0 aliphatic heterocycles. The van der Waals surface area contributed by atoms with E-state index in [-0.39, 0.29) is 5.41 Å². The second-order valence-corrected chi connectivity index (χ2v) is 5.97. The molecule has 0 saturated heterocycles. The van der Waals surface area contributed by atoms with Gasteiger partial charge in [-0.15, -0.1) is 0 Å². The van der Waals surface area contributed by atoms with Crippen LogP contribution in [0.15, 0.2) is 18.2 Å². The number of hydrogen-bond donors (Lipinski definition) is 1. The summed E-state index contributed by atoms with van der Waals surface area (Å²) < 4.78 is 26.0. The quantitative estimate of drug-likeness (QED) is 0.841. The molecule has 0 aliphatic rings. The van der Waals surface area contributed by atoms with Gasteiger partial charge in [0.25, 0.3) is 0 Å². The van der Waals surface area contributed by atoms with Gasteiger partial charge in [0.1, 0.15) is 0 Å². The zero-order valence-corrected chi connectivity index (χ0v) is 11.7. The summed E-state index contributed by atoms with van der Waals surface area (Å²) in [6.07, 6.45) is 1.72. The molecule has 1 rings (SSSR count). The van der Waals surface area contributed by atoms with Crippen molar-refractivity contribution in [2.45, 2.75) is 46.6 Å². The number of halogens is 2. The van der Waals surface area contributed by atoms with Crippen LogP contribution in [-0.4, -0.2) is 12.6 Å². The summed E-state index contributed by atoms with van der Waals surface area (Å²) in [4.78, 5) is 0. The van der Waals surface area contributed by atoms with Gasteiger partial charge in [-0.3, -0.25) is 0 Å². The lowest BCUT2D eigenvalue weighted by molar-refractivity contribution is 0.309. The maximum absolute atomic E-state index is 13.2. The van der Waals surface area contributed by atoms with Gasteiger partial charge < -0.3 is 5.32 Å². The summed E-state index contributed by atoms with van der Waals surface area (Å²) in [6.45, 7) is 9.49. The third-order valence-corrected chi connectivity index (χ3v) is 2.82. The van der Waals surface area contributed by atoms with Crippen molar-refractivity contribution in [1.29, 1.82) is 0 Å². The van der Waals surface area contributed by atoms with Gasteiger partial charge in [-0.25, -0.2) is 8.78 Å². The molecule has 102 valence electrons. The SMILES string of the molecule is CCNC(Cc1ccc(F)c(F)c1)CC(C)(C)C. The van der Waals surface area contributed by atoms with E-state index in [1.54, 1.807) is 6.07 Å². The molecule has 0 heterocycles. The first-order valence-corrected chi connectivity index (χ1v) is 6.49. The summed E-state index contributed by atoms with van der Waals surface area (Å²) in [5.74, 6) is -1.55. The van der Waals surface area contributed by atoms with Gasteiger partial charge >= 0.3 is 0 Å². The Bertz CT molecular complexity index is 383. The van der Waals surface area contributed by atoms with Crippen molar-refractivity contribution in [3.05, 3.63) is 35.4 Å². The maximum Gasteiger partial charge on any atom is 0.159 e. The average molecular weight is 255 g/mol. The highest BCUT2D eigenvalue weighted by atomic mass is 19.2. The maximum atomic E-state index is 13.2. The van der Waals surface area contributed by atoms with Crippen LogP contribution in [0, 0.1) is 17.0 Å². The molecule has 1 aromatic rings. The van der Waals surface area contributed by atoms with E-state index in [0.29, 0.717) is 6.04 Å². The average Bonchev–Trinajstić information content (AvgIpc) is 2.21. The molecule has 0 fully saturated rings. The minimum atomic E-state index is -0.783. The van der Waals surface area contributed by atoms with Gasteiger partial charge in [0.2, 0.25) is 0 Å². The van der Waals surface area contributed by atoms with Gasteiger partial charge in [0.15, 0.2) is 11.6 Å². The summed E-state index contributed by atoms with van der Waals surface area (Å²) in [6, 6.07) is 4.44. The standard InChI is InChI=1S/C15H23F2N/c1-5-18-12(10-15(2,3)4)8-11-6-7-13(16)14(17)9-11/h6-7,9,12,18H,5,8,10H2,1-4H3. The fourth-order valence-corrected chi connectivity index (χ4v) is 2.20. The molecule has 1 atom stereocenters. The summed E-state index contributed by atoms with van der Waals surface area (Å²) in [7, 11) is 0. The van der Waals surface area contributed by atoms with Crippen LogP contribution in [0.2, 0.25) is 0 Å². The number of rotatable bonds is 5. The third-order valence-electron chi connectivity index (χ3n) is 2.82. The third kappa shape index (κ3) is 5.13. The lowest BCUT2D eigenvalue weighted by Gasteiger charge is -2.26. The molecular weight excluding hydrogens is 232 g/mol. The molecule has 0 bridgehead atoms. The first kappa shape index (κ1) is 15.1. The molecular formula is C15H23F2N. The second-order valence-electron chi connectivity index (χ2n) is 5.97. The zero-order chi connectivity index (χ0) is 13.8. The Labute approximate surface area is 109 Å². The molecule has 1 aromatic carbocycles. The highest BCUT2D eigenvalue weighted by molar-refractivity contribution is 5.19. The number of likely N-dealkylation sites (N-methyl/N-ethyl adjacent to an activating group) is 1. The fourth-order valence-electron chi connectivity index (χ4n) is 2.20. The molecule has 1 nitrogen and oxygen atoms in total. The Balaban J connectivity index is 2.73. The van der Waals surface area contributed by atoms with Crippen LogP contribution in [0.25, 0.3) is 0 Å². The lowest BCUT2D eigenvalue weighted by atomic mass is 9.86. The number of benzene rings is 1. The van der Waals surface area contributed by atoms with Crippen molar-refractivity contribution in [1.82, 2.24) is 5.32 Å². The highest BCUT2D eigenvalue weighted by Crippen LogP contribution is 2.23. The zero-order valence-electron chi connectivity index (χ0n) is 11.7. The minimum absolute atomic E-state index is 0.214. The Hall–Kier alpha value is -0.960. The fraction of sp³-hybridized carbons (Fsp3) is 0.600. The molecule has 1 N–H and O–H groups in total. The normalized spacial score (nSPS) is 13.7. The predicted molar refractivity (Wildman–Crippen MR) is 71.6 cm³/mol. The topological polar surface area (TPSA) is 12.0 Å². The Morgan fingerprint density at radius 1 is 1.17 bits per heavy atom. The predicted octanol–water partition coefficient (Wildman–Crippen LogP) is 3.92. The molecule has 18 heavy (non-hydrogen) atoms. The van der Waals surface area contributed by atoms with E-state index >= 15 is 0 Å². The summed E-state index contributed by atoms with van der Waals surface area (Å²) >= 11 is 0. The molecule has 0 radical (unpaired) electrons. The van der Waals surface area contributed by atoms with Crippen molar-refractivity contribution in [3.63, 3.8) is 0 Å². The Kier molecular flexibility index (Phi) is 5.27. The first-order valence-electron chi connectivity index (χ1n) is 6.49. The summed E-state index contributed by atoms with van der Waals surface area (Å²) in [5.41, 5.74) is 1.05. The van der Waals surface area contributed by atoms with E-state index in [9.17, 15) is 8.78 Å². The van der Waals surface area contributed by atoms with Crippen molar-refractivity contribution in [3.8, 4) is 0 Å².